The SMILES string of the molecule is C=C(c1ccc(N2C=C=CC(NC(C)=O)=N2)cc1)C(O)(CN1C=NC=C=N1)c1ccc(F)cc1F. The largest absolute Gasteiger partial charge is 0.378 e. The molecule has 176 valence electrons. The van der Waals surface area contributed by atoms with E-state index in [0.29, 0.717) is 23.2 Å². The number of hydrogen-bond donors (Lipinski definition) is 2. The summed E-state index contributed by atoms with van der Waals surface area (Å²) >= 11 is 0. The molecule has 2 aromatic carbocycles. The smallest absolute Gasteiger partial charge is 0.222 e. The summed E-state index contributed by atoms with van der Waals surface area (Å²) in [5, 5.41) is 25.4. The molecule has 0 saturated carbocycles. The third-order valence-corrected chi connectivity index (χ3v) is 5.20. The Kier molecular flexibility index (Phi) is 6.53. The Balaban J connectivity index is 1.66. The van der Waals surface area contributed by atoms with Crippen molar-refractivity contribution in [3.8, 4) is 0 Å². The molecule has 1 unspecified atom stereocenters. The van der Waals surface area contributed by atoms with Gasteiger partial charge in [-0.15, -0.1) is 10.2 Å². The first-order chi connectivity index (χ1) is 16.8. The molecule has 0 aromatic heterocycles. The van der Waals surface area contributed by atoms with Gasteiger partial charge in [0.2, 0.25) is 5.91 Å². The van der Waals surface area contributed by atoms with Gasteiger partial charge in [0, 0.05) is 30.5 Å². The second kappa shape index (κ2) is 9.70. The first-order valence-electron chi connectivity index (χ1n) is 10.4. The Morgan fingerprint density at radius 2 is 2.00 bits per heavy atom. The Morgan fingerprint density at radius 3 is 2.66 bits per heavy atom. The number of amides is 1. The van der Waals surface area contributed by atoms with Crippen molar-refractivity contribution < 1.29 is 18.7 Å². The average Bonchev–Trinajstić information content (AvgIpc) is 2.84. The molecule has 1 atom stereocenters. The third-order valence-electron chi connectivity index (χ3n) is 5.20. The van der Waals surface area contributed by atoms with Crippen molar-refractivity contribution >= 4 is 35.2 Å². The molecule has 0 bridgehead atoms. The molecule has 35 heavy (non-hydrogen) atoms. The number of benzene rings is 2. The summed E-state index contributed by atoms with van der Waals surface area (Å²) in [5.41, 5.74) is 2.03. The molecule has 0 saturated heterocycles. The molecule has 2 aromatic rings. The van der Waals surface area contributed by atoms with E-state index in [4.69, 9.17) is 0 Å². The monoisotopic (exact) mass is 474 g/mol. The Bertz CT molecular complexity index is 1370. The summed E-state index contributed by atoms with van der Waals surface area (Å²) in [7, 11) is 0. The third kappa shape index (κ3) is 5.15. The summed E-state index contributed by atoms with van der Waals surface area (Å²) in [4.78, 5) is 15.2. The van der Waals surface area contributed by atoms with Gasteiger partial charge in [-0.3, -0.25) is 4.79 Å². The highest BCUT2D eigenvalue weighted by atomic mass is 19.1. The molecular weight excluding hydrogens is 454 g/mol. The van der Waals surface area contributed by atoms with Crippen molar-refractivity contribution in [2.45, 2.75) is 12.5 Å². The Hall–Kier alpha value is -4.62. The predicted octanol–water partition coefficient (Wildman–Crippen LogP) is 3.25. The van der Waals surface area contributed by atoms with E-state index in [-0.39, 0.29) is 23.6 Å². The van der Waals surface area contributed by atoms with E-state index in [0.717, 1.165) is 6.07 Å². The van der Waals surface area contributed by atoms with Crippen molar-refractivity contribution in [3.63, 3.8) is 0 Å². The molecule has 0 aliphatic carbocycles. The Labute approximate surface area is 199 Å². The maximum atomic E-state index is 14.8. The second-order valence-corrected chi connectivity index (χ2v) is 7.68. The lowest BCUT2D eigenvalue weighted by molar-refractivity contribution is -0.117. The minimum Gasteiger partial charge on any atom is -0.378 e. The molecule has 1 amide bonds. The minimum atomic E-state index is -1.99. The van der Waals surface area contributed by atoms with Crippen LogP contribution in [-0.2, 0) is 10.4 Å². The highest BCUT2D eigenvalue weighted by Gasteiger charge is 2.38. The maximum Gasteiger partial charge on any atom is 0.222 e. The standard InChI is InChI=1S/C25H20F2N6O2/c1-17(19-5-8-21(9-6-19)33-13-3-4-24(31-33)30-18(2)34)25(35,15-32-16-28-11-12-29-32)22-10-7-20(26)14-23(22)27/h4-11,13-14,16,35H,1,15H2,2H3,(H,30,31,34). The van der Waals surface area contributed by atoms with E-state index in [1.54, 1.807) is 30.5 Å². The van der Waals surface area contributed by atoms with E-state index in [1.165, 1.54) is 41.6 Å². The summed E-state index contributed by atoms with van der Waals surface area (Å²) in [6, 6.07) is 9.72. The van der Waals surface area contributed by atoms with E-state index >= 15 is 0 Å². The fraction of sp³-hybridized carbons (Fsp3) is 0.120. The number of nitrogens with zero attached hydrogens (tertiary/aromatic N) is 5. The number of anilines is 1. The van der Waals surface area contributed by atoms with Crippen molar-refractivity contribution in [3.05, 3.63) is 96.0 Å². The molecule has 2 aliphatic rings. The fourth-order valence-corrected chi connectivity index (χ4v) is 3.54. The predicted molar refractivity (Wildman–Crippen MR) is 129 cm³/mol. The van der Waals surface area contributed by atoms with Gasteiger partial charge in [0.25, 0.3) is 0 Å². The van der Waals surface area contributed by atoms with Gasteiger partial charge in [0.15, 0.2) is 5.84 Å². The molecule has 2 aliphatic heterocycles. The quantitative estimate of drug-likeness (QED) is 0.629. The molecule has 0 fully saturated rings. The summed E-state index contributed by atoms with van der Waals surface area (Å²) < 4.78 is 28.4. The van der Waals surface area contributed by atoms with E-state index < -0.39 is 17.2 Å². The van der Waals surface area contributed by atoms with Crippen LogP contribution in [0.15, 0.2) is 88.4 Å². The van der Waals surface area contributed by atoms with Crippen molar-refractivity contribution in [2.75, 3.05) is 11.6 Å². The first kappa shape index (κ1) is 23.5. The van der Waals surface area contributed by atoms with Gasteiger partial charge in [-0.1, -0.05) is 24.4 Å². The number of hydrogen-bond acceptors (Lipinski definition) is 7. The normalized spacial score (nSPS) is 15.7. The van der Waals surface area contributed by atoms with E-state index in [2.05, 4.69) is 38.7 Å². The maximum absolute atomic E-state index is 14.8. The summed E-state index contributed by atoms with van der Waals surface area (Å²) in [5.74, 6) is 0.913. The van der Waals surface area contributed by atoms with Gasteiger partial charge in [-0.2, -0.15) is 0 Å². The molecule has 10 heteroatoms. The van der Waals surface area contributed by atoms with Crippen LogP contribution in [0.1, 0.15) is 18.1 Å². The highest BCUT2D eigenvalue weighted by Crippen LogP contribution is 2.38. The zero-order valence-corrected chi connectivity index (χ0v) is 18.6. The fourth-order valence-electron chi connectivity index (χ4n) is 3.54. The average molecular weight is 474 g/mol. The topological polar surface area (TPSA) is 92.9 Å². The number of hydrazone groups is 2. The van der Waals surface area contributed by atoms with Crippen LogP contribution in [0.25, 0.3) is 5.57 Å². The lowest BCUT2D eigenvalue weighted by Crippen LogP contribution is -2.40. The number of rotatable bonds is 6. The van der Waals surface area contributed by atoms with Crippen molar-refractivity contribution in [1.82, 2.24) is 10.3 Å². The highest BCUT2D eigenvalue weighted by molar-refractivity contribution is 6.04. The summed E-state index contributed by atoms with van der Waals surface area (Å²) in [6.45, 7) is 5.16. The zero-order chi connectivity index (χ0) is 25.0. The van der Waals surface area contributed by atoms with E-state index in [1.807, 2.05) is 0 Å². The molecule has 2 heterocycles. The van der Waals surface area contributed by atoms with Gasteiger partial charge in [0.1, 0.15) is 23.6 Å². The number of carbonyl (C=O) groups is 1. The van der Waals surface area contributed by atoms with Gasteiger partial charge in [-0.05, 0) is 35.4 Å². The van der Waals surface area contributed by atoms with Crippen LogP contribution >= 0.6 is 0 Å². The van der Waals surface area contributed by atoms with Crippen LogP contribution in [0, 0.1) is 11.6 Å². The number of amidine groups is 1. The van der Waals surface area contributed by atoms with Crippen LogP contribution in [0.5, 0.6) is 0 Å². The second-order valence-electron chi connectivity index (χ2n) is 7.68. The van der Waals surface area contributed by atoms with Crippen LogP contribution in [0.4, 0.5) is 14.5 Å². The van der Waals surface area contributed by atoms with Crippen molar-refractivity contribution in [2.24, 2.45) is 15.2 Å². The number of halogens is 2. The Morgan fingerprint density at radius 1 is 1.23 bits per heavy atom. The lowest BCUT2D eigenvalue weighted by Gasteiger charge is -2.34. The minimum absolute atomic E-state index is 0.157. The van der Waals surface area contributed by atoms with Gasteiger partial charge < -0.3 is 10.4 Å². The molecule has 2 N–H and O–H groups in total. The van der Waals surface area contributed by atoms with Gasteiger partial charge in [-0.25, -0.2) is 23.8 Å². The van der Waals surface area contributed by atoms with E-state index in [9.17, 15) is 18.7 Å². The number of nitrogens with one attached hydrogen (secondary N) is 1. The molecule has 0 radical (unpaired) electrons. The van der Waals surface area contributed by atoms with Gasteiger partial charge >= 0.3 is 0 Å². The number of aliphatic hydroxyl groups is 1. The molecule has 0 spiro atoms. The van der Waals surface area contributed by atoms with Gasteiger partial charge in [0.05, 0.1) is 24.6 Å². The lowest BCUT2D eigenvalue weighted by atomic mass is 9.82. The molecule has 4 rings (SSSR count). The summed E-state index contributed by atoms with van der Waals surface area (Å²) in [6.07, 6.45) is 5.80. The first-order valence-corrected chi connectivity index (χ1v) is 10.4. The van der Waals surface area contributed by atoms with Crippen LogP contribution in [0.3, 0.4) is 0 Å². The molecule has 8 nitrogen and oxygen atoms in total. The number of carbonyl (C=O) groups excluding carboxylic acids is 1. The number of β-amino-alcohol motifs (C(OH)–C–C–N with tert-alkyl or cyclic N) is 1. The molecular formula is C25H20F2N6O2. The van der Waals surface area contributed by atoms with Crippen LogP contribution < -0.4 is 10.3 Å². The van der Waals surface area contributed by atoms with Crippen molar-refractivity contribution in [1.29, 1.82) is 0 Å². The zero-order valence-electron chi connectivity index (χ0n) is 18.6. The van der Waals surface area contributed by atoms with Crippen LogP contribution in [0.2, 0.25) is 0 Å². The number of aliphatic imine (C=N–C) groups is 1. The van der Waals surface area contributed by atoms with Crippen LogP contribution in [-0.4, -0.2) is 40.6 Å².